The molecule has 2 atom stereocenters. The highest BCUT2D eigenvalue weighted by Gasteiger charge is 2.21. The van der Waals surface area contributed by atoms with E-state index in [1.165, 1.54) is 0 Å². The first-order valence-corrected chi connectivity index (χ1v) is 5.88. The van der Waals surface area contributed by atoms with Crippen molar-refractivity contribution >= 4 is 0 Å². The first kappa shape index (κ1) is 12.2. The Labute approximate surface area is 102 Å². The maximum Gasteiger partial charge on any atom is 0.161 e. The number of aliphatic hydroxyl groups excluding tert-OH is 1. The number of nitrogens with one attached hydrogen (secondary N) is 1. The number of hydrogen-bond donors (Lipinski definition) is 2. The van der Waals surface area contributed by atoms with Crippen molar-refractivity contribution in [3.05, 3.63) is 23.8 Å². The van der Waals surface area contributed by atoms with Crippen LogP contribution in [0.4, 0.5) is 0 Å². The van der Waals surface area contributed by atoms with Crippen LogP contribution in [0.2, 0.25) is 0 Å². The smallest absolute Gasteiger partial charge is 0.161 e. The summed E-state index contributed by atoms with van der Waals surface area (Å²) >= 11 is 0. The largest absolute Gasteiger partial charge is 0.493 e. The van der Waals surface area contributed by atoms with E-state index < -0.39 is 0 Å². The molecule has 1 fully saturated rings. The Morgan fingerprint density at radius 3 is 2.65 bits per heavy atom. The zero-order valence-electron chi connectivity index (χ0n) is 10.3. The lowest BCUT2D eigenvalue weighted by Gasteiger charge is -2.28. The third-order valence-electron chi connectivity index (χ3n) is 3.19. The van der Waals surface area contributed by atoms with Crippen LogP contribution in [0.15, 0.2) is 18.2 Å². The van der Waals surface area contributed by atoms with Gasteiger partial charge in [0, 0.05) is 6.04 Å². The lowest BCUT2D eigenvalue weighted by atomic mass is 9.95. The summed E-state index contributed by atoms with van der Waals surface area (Å²) in [7, 11) is 3.25. The van der Waals surface area contributed by atoms with Crippen LogP contribution in [0.5, 0.6) is 11.5 Å². The maximum absolute atomic E-state index is 9.67. The molecule has 1 aliphatic rings. The average Bonchev–Trinajstić information content (AvgIpc) is 2.38. The second-order valence-electron chi connectivity index (χ2n) is 4.30. The van der Waals surface area contributed by atoms with Gasteiger partial charge in [-0.05, 0) is 37.1 Å². The summed E-state index contributed by atoms with van der Waals surface area (Å²) in [5.74, 6) is 1.46. The van der Waals surface area contributed by atoms with E-state index in [1.54, 1.807) is 14.2 Å². The van der Waals surface area contributed by atoms with Gasteiger partial charge in [0.25, 0.3) is 0 Å². The lowest BCUT2D eigenvalue weighted by molar-refractivity contribution is 0.116. The summed E-state index contributed by atoms with van der Waals surface area (Å²) in [6, 6.07) is 6.07. The van der Waals surface area contributed by atoms with Crippen LogP contribution in [0.25, 0.3) is 0 Å². The zero-order chi connectivity index (χ0) is 12.3. The first-order chi connectivity index (χ1) is 8.24. The van der Waals surface area contributed by atoms with E-state index in [9.17, 15) is 5.11 Å². The minimum atomic E-state index is -0.214. The molecule has 2 rings (SSSR count). The van der Waals surface area contributed by atoms with Crippen molar-refractivity contribution < 1.29 is 14.6 Å². The molecule has 4 nitrogen and oxygen atoms in total. The molecule has 0 spiro atoms. The molecule has 0 amide bonds. The molecule has 94 valence electrons. The van der Waals surface area contributed by atoms with Gasteiger partial charge in [0.15, 0.2) is 11.5 Å². The molecule has 1 aromatic carbocycles. The molecule has 0 aromatic heterocycles. The molecule has 17 heavy (non-hydrogen) atoms. The molecule has 0 bridgehead atoms. The van der Waals surface area contributed by atoms with Gasteiger partial charge in [0.05, 0.1) is 20.3 Å². The number of benzene rings is 1. The van der Waals surface area contributed by atoms with Crippen LogP contribution in [-0.2, 0) is 0 Å². The van der Waals surface area contributed by atoms with Crippen LogP contribution in [0.3, 0.4) is 0 Å². The van der Waals surface area contributed by atoms with Crippen molar-refractivity contribution in [1.29, 1.82) is 0 Å². The number of ether oxygens (including phenoxy) is 2. The highest BCUT2D eigenvalue weighted by atomic mass is 16.5. The maximum atomic E-state index is 9.67. The van der Waals surface area contributed by atoms with E-state index in [4.69, 9.17) is 9.47 Å². The van der Waals surface area contributed by atoms with Crippen molar-refractivity contribution in [2.45, 2.75) is 25.0 Å². The predicted molar refractivity (Wildman–Crippen MR) is 65.5 cm³/mol. The molecule has 0 radical (unpaired) electrons. The van der Waals surface area contributed by atoms with E-state index in [1.807, 2.05) is 18.2 Å². The Hall–Kier alpha value is -1.26. The Morgan fingerprint density at radius 1 is 1.24 bits per heavy atom. The SMILES string of the molecule is COc1ccc([C@@H]2C[C@H](O)CCN2)cc1OC. The summed E-state index contributed by atoms with van der Waals surface area (Å²) in [5, 5.41) is 13.1. The fraction of sp³-hybridized carbons (Fsp3) is 0.538. The summed E-state index contributed by atoms with van der Waals surface area (Å²) in [5.41, 5.74) is 1.13. The molecule has 1 aromatic rings. The van der Waals surface area contributed by atoms with Gasteiger partial charge in [-0.2, -0.15) is 0 Å². The van der Waals surface area contributed by atoms with Gasteiger partial charge in [0.2, 0.25) is 0 Å². The van der Waals surface area contributed by atoms with Crippen LogP contribution in [-0.4, -0.2) is 32.0 Å². The summed E-state index contributed by atoms with van der Waals surface area (Å²) < 4.78 is 10.5. The van der Waals surface area contributed by atoms with Crippen molar-refractivity contribution in [1.82, 2.24) is 5.32 Å². The van der Waals surface area contributed by atoms with Crippen molar-refractivity contribution in [3.8, 4) is 11.5 Å². The fourth-order valence-electron chi connectivity index (χ4n) is 2.22. The summed E-state index contributed by atoms with van der Waals surface area (Å²) in [6.45, 7) is 0.847. The lowest BCUT2D eigenvalue weighted by Crippen LogP contribution is -2.34. The van der Waals surface area contributed by atoms with E-state index >= 15 is 0 Å². The average molecular weight is 237 g/mol. The normalized spacial score (nSPS) is 24.4. The van der Waals surface area contributed by atoms with Gasteiger partial charge in [-0.15, -0.1) is 0 Å². The van der Waals surface area contributed by atoms with Gasteiger partial charge in [-0.25, -0.2) is 0 Å². The molecule has 1 heterocycles. The molecule has 2 N–H and O–H groups in total. The van der Waals surface area contributed by atoms with Crippen molar-refractivity contribution in [3.63, 3.8) is 0 Å². The Balaban J connectivity index is 2.20. The topological polar surface area (TPSA) is 50.7 Å². The van der Waals surface area contributed by atoms with E-state index in [0.717, 1.165) is 36.4 Å². The van der Waals surface area contributed by atoms with E-state index in [-0.39, 0.29) is 12.1 Å². The number of aliphatic hydroxyl groups is 1. The number of piperidine rings is 1. The van der Waals surface area contributed by atoms with Crippen molar-refractivity contribution in [2.24, 2.45) is 0 Å². The monoisotopic (exact) mass is 237 g/mol. The second-order valence-corrected chi connectivity index (χ2v) is 4.30. The molecule has 4 heteroatoms. The van der Waals surface area contributed by atoms with Crippen molar-refractivity contribution in [2.75, 3.05) is 20.8 Å². The van der Waals surface area contributed by atoms with Gasteiger partial charge in [-0.3, -0.25) is 0 Å². The van der Waals surface area contributed by atoms with Crippen LogP contribution in [0.1, 0.15) is 24.4 Å². The third-order valence-corrected chi connectivity index (χ3v) is 3.19. The number of hydrogen-bond acceptors (Lipinski definition) is 4. The van der Waals surface area contributed by atoms with E-state index in [2.05, 4.69) is 5.32 Å². The number of rotatable bonds is 3. The molecule has 1 aliphatic heterocycles. The predicted octanol–water partition coefficient (Wildman–Crippen LogP) is 1.49. The van der Waals surface area contributed by atoms with Gasteiger partial charge < -0.3 is 19.9 Å². The molecular formula is C13H19NO3. The third kappa shape index (κ3) is 2.70. The fourth-order valence-corrected chi connectivity index (χ4v) is 2.22. The summed E-state index contributed by atoms with van der Waals surface area (Å²) in [6.07, 6.45) is 1.36. The Bertz CT molecular complexity index is 381. The quantitative estimate of drug-likeness (QED) is 0.836. The highest BCUT2D eigenvalue weighted by Crippen LogP contribution is 2.32. The van der Waals surface area contributed by atoms with Crippen LogP contribution < -0.4 is 14.8 Å². The molecule has 0 unspecified atom stereocenters. The first-order valence-electron chi connectivity index (χ1n) is 5.88. The highest BCUT2D eigenvalue weighted by molar-refractivity contribution is 5.43. The number of methoxy groups -OCH3 is 2. The molecule has 1 saturated heterocycles. The second kappa shape index (κ2) is 5.38. The molecule has 0 saturated carbocycles. The standard InChI is InChI=1S/C13H19NO3/c1-16-12-4-3-9(7-13(12)17-2)11-8-10(15)5-6-14-11/h3-4,7,10-11,14-15H,5-6,8H2,1-2H3/t10-,11+/m1/s1. The van der Waals surface area contributed by atoms with Crippen LogP contribution in [0, 0.1) is 0 Å². The minimum Gasteiger partial charge on any atom is -0.493 e. The molecule has 0 aliphatic carbocycles. The molecular weight excluding hydrogens is 218 g/mol. The van der Waals surface area contributed by atoms with Gasteiger partial charge in [0.1, 0.15) is 0 Å². The van der Waals surface area contributed by atoms with Gasteiger partial charge >= 0.3 is 0 Å². The van der Waals surface area contributed by atoms with E-state index in [0.29, 0.717) is 0 Å². The van der Waals surface area contributed by atoms with Crippen LogP contribution >= 0.6 is 0 Å². The Morgan fingerprint density at radius 2 is 2.00 bits per heavy atom. The zero-order valence-corrected chi connectivity index (χ0v) is 10.3. The summed E-state index contributed by atoms with van der Waals surface area (Å²) in [4.78, 5) is 0. The van der Waals surface area contributed by atoms with Gasteiger partial charge in [-0.1, -0.05) is 6.07 Å². The Kier molecular flexibility index (Phi) is 3.86. The minimum absolute atomic E-state index is 0.193.